The van der Waals surface area contributed by atoms with Crippen LogP contribution in [-0.4, -0.2) is 5.91 Å². The van der Waals surface area contributed by atoms with Crippen LogP contribution in [0.15, 0.2) is 24.3 Å². The Bertz CT molecular complexity index is 282. The van der Waals surface area contributed by atoms with Crippen LogP contribution in [0.4, 0.5) is 10.1 Å². The third-order valence-electron chi connectivity index (χ3n) is 1.61. The first-order valence-corrected chi connectivity index (χ1v) is 5.28. The number of halogens is 1. The summed E-state index contributed by atoms with van der Waals surface area (Å²) in [4.78, 5) is 11.1. The van der Waals surface area contributed by atoms with Gasteiger partial charge in [-0.25, -0.2) is 4.39 Å². The van der Waals surface area contributed by atoms with Crippen LogP contribution in [0.25, 0.3) is 0 Å². The molecule has 3 heteroatoms. The van der Waals surface area contributed by atoms with Crippen molar-refractivity contribution in [1.82, 2.24) is 0 Å². The summed E-state index contributed by atoms with van der Waals surface area (Å²) in [5.74, 6) is -0.331. The monoisotopic (exact) mass is 211 g/mol. The number of amides is 1. The number of hydrogen-bond donors (Lipinski definition) is 1. The first kappa shape index (κ1) is 13.6. The van der Waals surface area contributed by atoms with Crippen molar-refractivity contribution in [2.75, 3.05) is 5.32 Å². The maximum atomic E-state index is 12.5. The minimum absolute atomic E-state index is 0.0332. The predicted molar refractivity (Wildman–Crippen MR) is 61.3 cm³/mol. The van der Waals surface area contributed by atoms with E-state index in [9.17, 15) is 9.18 Å². The van der Waals surface area contributed by atoms with Crippen LogP contribution in [-0.2, 0) is 4.79 Å². The van der Waals surface area contributed by atoms with E-state index in [4.69, 9.17) is 0 Å². The van der Waals surface area contributed by atoms with Gasteiger partial charge >= 0.3 is 0 Å². The maximum Gasteiger partial charge on any atom is 0.224 e. The lowest BCUT2D eigenvalue weighted by atomic mass is 10.3. The van der Waals surface area contributed by atoms with Crippen molar-refractivity contribution < 1.29 is 9.18 Å². The lowest BCUT2D eigenvalue weighted by molar-refractivity contribution is -0.116. The van der Waals surface area contributed by atoms with Crippen LogP contribution < -0.4 is 5.32 Å². The lowest BCUT2D eigenvalue weighted by Gasteiger charge is -2.02. The summed E-state index contributed by atoms with van der Waals surface area (Å²) in [6, 6.07) is 5.73. The minimum Gasteiger partial charge on any atom is -0.326 e. The molecule has 0 radical (unpaired) electrons. The Morgan fingerprint density at radius 1 is 1.27 bits per heavy atom. The molecule has 0 fully saturated rings. The Labute approximate surface area is 90.5 Å². The van der Waals surface area contributed by atoms with Crippen LogP contribution in [0.3, 0.4) is 0 Å². The zero-order valence-corrected chi connectivity index (χ0v) is 9.51. The van der Waals surface area contributed by atoms with Gasteiger partial charge in [0.15, 0.2) is 0 Å². The molecule has 0 unspecified atom stereocenters. The van der Waals surface area contributed by atoms with Gasteiger partial charge in [0, 0.05) is 12.1 Å². The Hall–Kier alpha value is -1.38. The normalized spacial score (nSPS) is 8.80. The number of carbonyl (C=O) groups is 1. The molecule has 1 aromatic carbocycles. The van der Waals surface area contributed by atoms with E-state index in [1.54, 1.807) is 12.1 Å². The zero-order chi connectivity index (χ0) is 11.7. The number of hydrogen-bond acceptors (Lipinski definition) is 1. The summed E-state index contributed by atoms with van der Waals surface area (Å²) >= 11 is 0. The van der Waals surface area contributed by atoms with Gasteiger partial charge in [-0.3, -0.25) is 4.79 Å². The Morgan fingerprint density at radius 2 is 1.80 bits per heavy atom. The van der Waals surface area contributed by atoms with Crippen molar-refractivity contribution in [2.24, 2.45) is 0 Å². The molecule has 0 heterocycles. The summed E-state index contributed by atoms with van der Waals surface area (Å²) < 4.78 is 12.5. The van der Waals surface area contributed by atoms with E-state index in [-0.39, 0.29) is 11.7 Å². The van der Waals surface area contributed by atoms with Crippen molar-refractivity contribution >= 4 is 11.6 Å². The molecule has 0 saturated heterocycles. The van der Waals surface area contributed by atoms with Crippen LogP contribution in [0.2, 0.25) is 0 Å². The average molecular weight is 211 g/mol. The van der Waals surface area contributed by atoms with Crippen molar-refractivity contribution in [3.05, 3.63) is 30.1 Å². The molecule has 0 saturated carbocycles. The molecule has 0 bridgehead atoms. The molecule has 1 aromatic rings. The summed E-state index contributed by atoms with van der Waals surface area (Å²) in [5.41, 5.74) is 0.639. The second-order valence-electron chi connectivity index (χ2n) is 2.81. The Kier molecular flexibility index (Phi) is 7.24. The lowest BCUT2D eigenvalue weighted by Crippen LogP contribution is -2.10. The molecule has 1 rings (SSSR count). The summed E-state index contributed by atoms with van der Waals surface area (Å²) in [6.07, 6.45) is 1.31. The molecular weight excluding hydrogens is 193 g/mol. The molecule has 2 nitrogen and oxygen atoms in total. The van der Waals surface area contributed by atoms with Crippen molar-refractivity contribution in [3.63, 3.8) is 0 Å². The molecule has 0 aliphatic rings. The molecule has 0 spiro atoms. The standard InChI is InChI=1S/C10H12FNO.C2H6/c1-2-3-10(13)12-9-6-4-8(11)5-7-9;1-2/h4-7H,2-3H2,1H3,(H,12,13);1-2H3. The largest absolute Gasteiger partial charge is 0.326 e. The molecule has 15 heavy (non-hydrogen) atoms. The number of rotatable bonds is 3. The topological polar surface area (TPSA) is 29.1 Å². The minimum atomic E-state index is -0.298. The van der Waals surface area contributed by atoms with Gasteiger partial charge in [-0.05, 0) is 30.7 Å². The molecule has 1 N–H and O–H groups in total. The number of nitrogens with one attached hydrogen (secondary N) is 1. The maximum absolute atomic E-state index is 12.5. The van der Waals surface area contributed by atoms with Gasteiger partial charge in [-0.1, -0.05) is 20.8 Å². The second-order valence-corrected chi connectivity index (χ2v) is 2.81. The highest BCUT2D eigenvalue weighted by Gasteiger charge is 1.99. The van der Waals surface area contributed by atoms with E-state index in [0.717, 1.165) is 6.42 Å². The SMILES string of the molecule is CC.CCCC(=O)Nc1ccc(F)cc1. The van der Waals surface area contributed by atoms with Crippen molar-refractivity contribution in [3.8, 4) is 0 Å². The molecule has 0 aromatic heterocycles. The van der Waals surface area contributed by atoms with Gasteiger partial charge in [0.25, 0.3) is 0 Å². The molecular formula is C12H18FNO. The smallest absolute Gasteiger partial charge is 0.224 e. The number of benzene rings is 1. The van der Waals surface area contributed by atoms with E-state index in [1.807, 2.05) is 20.8 Å². The van der Waals surface area contributed by atoms with Crippen LogP contribution >= 0.6 is 0 Å². The Morgan fingerprint density at radius 3 is 2.27 bits per heavy atom. The van der Waals surface area contributed by atoms with Gasteiger partial charge in [0.05, 0.1) is 0 Å². The fourth-order valence-corrected chi connectivity index (χ4v) is 0.984. The highest BCUT2D eigenvalue weighted by molar-refractivity contribution is 5.90. The van der Waals surface area contributed by atoms with Gasteiger partial charge < -0.3 is 5.32 Å². The van der Waals surface area contributed by atoms with Crippen LogP contribution in [0, 0.1) is 5.82 Å². The fraction of sp³-hybridized carbons (Fsp3) is 0.417. The molecule has 0 atom stereocenters. The zero-order valence-electron chi connectivity index (χ0n) is 9.51. The van der Waals surface area contributed by atoms with Gasteiger partial charge in [0.2, 0.25) is 5.91 Å². The number of carbonyl (C=O) groups excluding carboxylic acids is 1. The van der Waals surface area contributed by atoms with Crippen molar-refractivity contribution in [2.45, 2.75) is 33.6 Å². The van der Waals surface area contributed by atoms with Crippen LogP contribution in [0.5, 0.6) is 0 Å². The first-order valence-electron chi connectivity index (χ1n) is 5.28. The van der Waals surface area contributed by atoms with E-state index in [2.05, 4.69) is 5.32 Å². The molecule has 0 aliphatic carbocycles. The van der Waals surface area contributed by atoms with Gasteiger partial charge in [0.1, 0.15) is 5.82 Å². The third-order valence-corrected chi connectivity index (χ3v) is 1.61. The second kappa shape index (κ2) is 7.97. The molecule has 1 amide bonds. The van der Waals surface area contributed by atoms with Gasteiger partial charge in [-0.2, -0.15) is 0 Å². The van der Waals surface area contributed by atoms with Crippen molar-refractivity contribution in [1.29, 1.82) is 0 Å². The van der Waals surface area contributed by atoms with E-state index >= 15 is 0 Å². The first-order chi connectivity index (χ1) is 7.22. The summed E-state index contributed by atoms with van der Waals surface area (Å²) in [6.45, 7) is 5.93. The average Bonchev–Trinajstić information content (AvgIpc) is 2.25. The Balaban J connectivity index is 0.000000921. The van der Waals surface area contributed by atoms with Crippen LogP contribution in [0.1, 0.15) is 33.6 Å². The fourth-order valence-electron chi connectivity index (χ4n) is 0.984. The van der Waals surface area contributed by atoms with Gasteiger partial charge in [-0.15, -0.1) is 0 Å². The molecule has 0 aliphatic heterocycles. The summed E-state index contributed by atoms with van der Waals surface area (Å²) in [5, 5.41) is 2.66. The molecule has 84 valence electrons. The third kappa shape index (κ3) is 5.83. The number of anilines is 1. The predicted octanol–water partition coefficient (Wildman–Crippen LogP) is 3.59. The summed E-state index contributed by atoms with van der Waals surface area (Å²) in [7, 11) is 0. The van der Waals surface area contributed by atoms with E-state index in [1.165, 1.54) is 12.1 Å². The van der Waals surface area contributed by atoms with E-state index < -0.39 is 0 Å². The highest BCUT2D eigenvalue weighted by Crippen LogP contribution is 2.08. The van der Waals surface area contributed by atoms with E-state index in [0.29, 0.717) is 12.1 Å². The highest BCUT2D eigenvalue weighted by atomic mass is 19.1. The quantitative estimate of drug-likeness (QED) is 0.813.